The van der Waals surface area contributed by atoms with Gasteiger partial charge in [-0.2, -0.15) is 12.6 Å². The van der Waals surface area contributed by atoms with Crippen molar-refractivity contribution in [3.63, 3.8) is 0 Å². The number of rotatable bonds is 3. The molecule has 16 heavy (non-hydrogen) atoms. The second kappa shape index (κ2) is 6.09. The molecule has 0 atom stereocenters. The zero-order valence-corrected chi connectivity index (χ0v) is 10.0. The van der Waals surface area contributed by atoms with Crippen LogP contribution < -0.4 is 9.47 Å². The molecule has 0 spiro atoms. The number of benzene rings is 1. The molecular formula is C12H12O3S. The van der Waals surface area contributed by atoms with Gasteiger partial charge in [-0.1, -0.05) is 11.8 Å². The summed E-state index contributed by atoms with van der Waals surface area (Å²) in [5.41, 5.74) is 1.12. The van der Waals surface area contributed by atoms with E-state index in [9.17, 15) is 4.79 Å². The lowest BCUT2D eigenvalue weighted by Crippen LogP contribution is -1.95. The molecule has 0 heterocycles. The fraction of sp³-hybridized carbons (Fsp3) is 0.250. The Labute approximate surface area is 100 Å². The lowest BCUT2D eigenvalue weighted by molar-refractivity contribution is 0.112. The van der Waals surface area contributed by atoms with Crippen LogP contribution in [0.4, 0.5) is 0 Å². The fourth-order valence-corrected chi connectivity index (χ4v) is 1.33. The molecule has 0 radical (unpaired) electrons. The predicted molar refractivity (Wildman–Crippen MR) is 65.7 cm³/mol. The molecule has 0 aromatic heterocycles. The minimum absolute atomic E-state index is 0.446. The maximum Gasteiger partial charge on any atom is 0.150 e. The van der Waals surface area contributed by atoms with Crippen LogP contribution in [-0.2, 0) is 0 Å². The van der Waals surface area contributed by atoms with E-state index in [1.165, 1.54) is 14.2 Å². The largest absolute Gasteiger partial charge is 0.495 e. The van der Waals surface area contributed by atoms with Crippen molar-refractivity contribution >= 4 is 18.9 Å². The molecule has 0 N–H and O–H groups in total. The molecule has 0 aliphatic heterocycles. The number of aldehydes is 1. The molecule has 1 aromatic carbocycles. The minimum atomic E-state index is 0.446. The van der Waals surface area contributed by atoms with Crippen LogP contribution in [0.1, 0.15) is 15.9 Å². The van der Waals surface area contributed by atoms with Crippen molar-refractivity contribution in [2.75, 3.05) is 20.0 Å². The van der Waals surface area contributed by atoms with E-state index in [-0.39, 0.29) is 0 Å². The molecule has 0 bridgehead atoms. The molecule has 0 amide bonds. The van der Waals surface area contributed by atoms with Crippen molar-refractivity contribution in [3.8, 4) is 23.3 Å². The Hall–Kier alpha value is -1.60. The van der Waals surface area contributed by atoms with Gasteiger partial charge < -0.3 is 9.47 Å². The molecule has 4 heteroatoms. The molecule has 0 fully saturated rings. The van der Waals surface area contributed by atoms with Crippen LogP contribution in [0.25, 0.3) is 0 Å². The monoisotopic (exact) mass is 236 g/mol. The van der Waals surface area contributed by atoms with Crippen molar-refractivity contribution in [1.29, 1.82) is 0 Å². The summed E-state index contributed by atoms with van der Waals surface area (Å²) in [6, 6.07) is 3.25. The third-order valence-corrected chi connectivity index (χ3v) is 2.11. The molecule has 3 nitrogen and oxygen atoms in total. The highest BCUT2D eigenvalue weighted by molar-refractivity contribution is 7.80. The van der Waals surface area contributed by atoms with Gasteiger partial charge in [0.2, 0.25) is 0 Å². The van der Waals surface area contributed by atoms with E-state index in [4.69, 9.17) is 9.47 Å². The number of hydrogen-bond donors (Lipinski definition) is 1. The second-order valence-electron chi connectivity index (χ2n) is 2.88. The van der Waals surface area contributed by atoms with E-state index in [1.54, 1.807) is 12.1 Å². The predicted octanol–water partition coefficient (Wildman–Crippen LogP) is 1.80. The van der Waals surface area contributed by atoms with Gasteiger partial charge in [0.05, 0.1) is 20.0 Å². The number of thiol groups is 1. The highest BCUT2D eigenvalue weighted by Crippen LogP contribution is 2.29. The first-order chi connectivity index (χ1) is 7.76. The summed E-state index contributed by atoms with van der Waals surface area (Å²) in [6.45, 7) is 0. The summed E-state index contributed by atoms with van der Waals surface area (Å²) in [5.74, 6) is 7.20. The maximum absolute atomic E-state index is 10.7. The molecule has 0 saturated carbocycles. The van der Waals surface area contributed by atoms with Crippen LogP contribution in [0.5, 0.6) is 11.5 Å². The Morgan fingerprint density at radius 2 is 1.88 bits per heavy atom. The summed E-state index contributed by atoms with van der Waals surface area (Å²) in [7, 11) is 3.05. The Morgan fingerprint density at radius 1 is 1.31 bits per heavy atom. The number of carbonyl (C=O) groups excluding carboxylic acids is 1. The molecule has 0 aliphatic carbocycles. The SMILES string of the molecule is COc1cc(C=O)cc(OC)c1C#CCS. The highest BCUT2D eigenvalue weighted by atomic mass is 32.1. The Balaban J connectivity index is 3.36. The van der Waals surface area contributed by atoms with Gasteiger partial charge in [0.15, 0.2) is 0 Å². The van der Waals surface area contributed by atoms with Crippen LogP contribution in [0.3, 0.4) is 0 Å². The zero-order chi connectivity index (χ0) is 12.0. The summed E-state index contributed by atoms with van der Waals surface area (Å²) >= 11 is 4.01. The van der Waals surface area contributed by atoms with Crippen molar-refractivity contribution < 1.29 is 14.3 Å². The van der Waals surface area contributed by atoms with E-state index in [0.717, 1.165) is 6.29 Å². The van der Waals surface area contributed by atoms with Crippen LogP contribution >= 0.6 is 12.6 Å². The van der Waals surface area contributed by atoms with E-state index >= 15 is 0 Å². The van der Waals surface area contributed by atoms with E-state index in [2.05, 4.69) is 24.5 Å². The Kier molecular flexibility index (Phi) is 4.74. The number of ether oxygens (including phenoxy) is 2. The Morgan fingerprint density at radius 3 is 2.25 bits per heavy atom. The molecule has 1 aromatic rings. The molecular weight excluding hydrogens is 224 g/mol. The average Bonchev–Trinajstić information content (AvgIpc) is 2.35. The van der Waals surface area contributed by atoms with Crippen LogP contribution in [0, 0.1) is 11.8 Å². The first-order valence-electron chi connectivity index (χ1n) is 4.57. The standard InChI is InChI=1S/C12H12O3S/c1-14-11-6-9(8-13)7-12(15-2)10(11)4-3-5-16/h6-8,16H,5H2,1-2H3. The van der Waals surface area contributed by atoms with Crippen molar-refractivity contribution in [2.45, 2.75) is 0 Å². The molecule has 0 unspecified atom stereocenters. The van der Waals surface area contributed by atoms with Gasteiger partial charge in [-0.25, -0.2) is 0 Å². The smallest absolute Gasteiger partial charge is 0.150 e. The summed E-state index contributed by atoms with van der Waals surface area (Å²) in [5, 5.41) is 0. The van der Waals surface area contributed by atoms with Gasteiger partial charge in [-0.05, 0) is 12.1 Å². The van der Waals surface area contributed by atoms with Crippen molar-refractivity contribution in [3.05, 3.63) is 23.3 Å². The summed E-state index contributed by atoms with van der Waals surface area (Å²) in [6.07, 6.45) is 0.737. The Bertz CT molecular complexity index is 418. The first kappa shape index (κ1) is 12.5. The second-order valence-corrected chi connectivity index (χ2v) is 3.19. The average molecular weight is 236 g/mol. The normalized spacial score (nSPS) is 8.94. The lowest BCUT2D eigenvalue weighted by atomic mass is 10.1. The van der Waals surface area contributed by atoms with Crippen LogP contribution in [0.15, 0.2) is 12.1 Å². The molecule has 1 rings (SSSR count). The van der Waals surface area contributed by atoms with E-state index in [0.29, 0.717) is 28.4 Å². The van der Waals surface area contributed by atoms with Crippen LogP contribution in [0.2, 0.25) is 0 Å². The summed E-state index contributed by atoms with van der Waals surface area (Å²) < 4.78 is 10.3. The van der Waals surface area contributed by atoms with Gasteiger partial charge >= 0.3 is 0 Å². The first-order valence-corrected chi connectivity index (χ1v) is 5.21. The number of methoxy groups -OCH3 is 2. The van der Waals surface area contributed by atoms with E-state index < -0.39 is 0 Å². The third-order valence-electron chi connectivity index (χ3n) is 1.96. The topological polar surface area (TPSA) is 35.5 Å². The van der Waals surface area contributed by atoms with Gasteiger partial charge in [-0.3, -0.25) is 4.79 Å². The van der Waals surface area contributed by atoms with Gasteiger partial charge in [-0.15, -0.1) is 0 Å². The summed E-state index contributed by atoms with van der Waals surface area (Å²) in [4.78, 5) is 10.7. The van der Waals surface area contributed by atoms with E-state index in [1.807, 2.05) is 0 Å². The van der Waals surface area contributed by atoms with Crippen molar-refractivity contribution in [2.24, 2.45) is 0 Å². The van der Waals surface area contributed by atoms with Gasteiger partial charge in [0, 0.05) is 5.56 Å². The van der Waals surface area contributed by atoms with Crippen molar-refractivity contribution in [1.82, 2.24) is 0 Å². The fourth-order valence-electron chi connectivity index (χ4n) is 1.25. The molecule has 0 saturated heterocycles. The lowest BCUT2D eigenvalue weighted by Gasteiger charge is -2.09. The maximum atomic E-state index is 10.7. The quantitative estimate of drug-likeness (QED) is 0.494. The van der Waals surface area contributed by atoms with Gasteiger partial charge in [0.25, 0.3) is 0 Å². The third kappa shape index (κ3) is 2.71. The van der Waals surface area contributed by atoms with Crippen LogP contribution in [-0.4, -0.2) is 26.3 Å². The highest BCUT2D eigenvalue weighted by Gasteiger charge is 2.10. The molecule has 0 aliphatic rings. The minimum Gasteiger partial charge on any atom is -0.495 e. The molecule has 84 valence electrons. The number of carbonyl (C=O) groups is 1. The van der Waals surface area contributed by atoms with Gasteiger partial charge in [0.1, 0.15) is 23.3 Å². The number of hydrogen-bond acceptors (Lipinski definition) is 4. The zero-order valence-electron chi connectivity index (χ0n) is 9.11.